The Morgan fingerprint density at radius 1 is 0.680 bits per heavy atom. The number of hydrogen-bond acceptors (Lipinski definition) is 2. The summed E-state index contributed by atoms with van der Waals surface area (Å²) in [5.41, 5.74) is 3.03. The minimum absolute atomic E-state index is 0.0390. The first kappa shape index (κ1) is 16.3. The molecule has 2 amide bonds. The number of anilines is 2. The maximum absolute atomic E-state index is 12.1. The van der Waals surface area contributed by atoms with Gasteiger partial charge in [-0.3, -0.25) is 0 Å². The number of benzene rings is 3. The molecule has 5 nitrogen and oxygen atoms in total. The number of hydrogen-bond donors (Lipinski definition) is 3. The molecule has 0 bridgehead atoms. The lowest BCUT2D eigenvalue weighted by atomic mass is 10.1. The van der Waals surface area contributed by atoms with Crippen LogP contribution in [-0.2, 0) is 0 Å². The van der Waals surface area contributed by atoms with Crippen LogP contribution in [0.3, 0.4) is 0 Å². The zero-order valence-electron chi connectivity index (χ0n) is 13.3. The van der Waals surface area contributed by atoms with Crippen LogP contribution < -0.4 is 10.6 Å². The van der Waals surface area contributed by atoms with Gasteiger partial charge in [0.15, 0.2) is 0 Å². The molecule has 0 aliphatic carbocycles. The highest BCUT2D eigenvalue weighted by molar-refractivity contribution is 6.04. The van der Waals surface area contributed by atoms with Gasteiger partial charge in [-0.25, -0.2) is 9.59 Å². The van der Waals surface area contributed by atoms with Gasteiger partial charge in [0.25, 0.3) is 0 Å². The third kappa shape index (κ3) is 4.03. The third-order valence-electron chi connectivity index (χ3n) is 3.66. The van der Waals surface area contributed by atoms with Gasteiger partial charge in [0.05, 0.1) is 11.3 Å². The van der Waals surface area contributed by atoms with Crippen molar-refractivity contribution in [1.82, 2.24) is 0 Å². The minimum Gasteiger partial charge on any atom is -0.478 e. The van der Waals surface area contributed by atoms with Crippen molar-refractivity contribution in [3.05, 3.63) is 84.4 Å². The van der Waals surface area contributed by atoms with Crippen LogP contribution in [0, 0.1) is 0 Å². The molecule has 0 heterocycles. The highest BCUT2D eigenvalue weighted by Gasteiger charge is 2.11. The maximum atomic E-state index is 12.1. The summed E-state index contributed by atoms with van der Waals surface area (Å²) in [6.07, 6.45) is 0. The van der Waals surface area contributed by atoms with Gasteiger partial charge in [0.1, 0.15) is 0 Å². The fraction of sp³-hybridized carbons (Fsp3) is 0. The summed E-state index contributed by atoms with van der Waals surface area (Å²) >= 11 is 0. The number of para-hydroxylation sites is 1. The van der Waals surface area contributed by atoms with E-state index in [2.05, 4.69) is 10.6 Å². The molecular formula is C20H16N2O3. The number of carboxylic acids is 1. The predicted octanol–water partition coefficient (Wildman–Crippen LogP) is 4.70. The maximum Gasteiger partial charge on any atom is 0.337 e. The molecule has 0 unspecified atom stereocenters. The van der Waals surface area contributed by atoms with Gasteiger partial charge < -0.3 is 15.7 Å². The van der Waals surface area contributed by atoms with Crippen LogP contribution in [0.5, 0.6) is 0 Å². The summed E-state index contributed by atoms with van der Waals surface area (Å²) in [6.45, 7) is 0. The molecule has 3 aromatic rings. The molecule has 0 aliphatic heterocycles. The first-order chi connectivity index (χ1) is 12.1. The summed E-state index contributed by atoms with van der Waals surface area (Å²) in [5, 5.41) is 14.4. The van der Waals surface area contributed by atoms with Crippen molar-refractivity contribution in [3.63, 3.8) is 0 Å². The summed E-state index contributed by atoms with van der Waals surface area (Å²) < 4.78 is 0. The van der Waals surface area contributed by atoms with Gasteiger partial charge in [-0.2, -0.15) is 0 Å². The lowest BCUT2D eigenvalue weighted by Gasteiger charge is -2.10. The molecule has 124 valence electrons. The molecule has 0 saturated heterocycles. The SMILES string of the molecule is O=C(Nc1ccc(-c2ccccc2)cc1)Nc1ccccc1C(=O)O. The largest absolute Gasteiger partial charge is 0.478 e. The van der Waals surface area contributed by atoms with Crippen molar-refractivity contribution in [2.75, 3.05) is 10.6 Å². The number of carbonyl (C=O) groups is 2. The second kappa shape index (κ2) is 7.31. The van der Waals surface area contributed by atoms with E-state index in [1.165, 1.54) is 6.07 Å². The van der Waals surface area contributed by atoms with E-state index in [1.807, 2.05) is 42.5 Å². The molecule has 0 spiro atoms. The molecular weight excluding hydrogens is 316 g/mol. The summed E-state index contributed by atoms with van der Waals surface area (Å²) in [4.78, 5) is 23.3. The number of aromatic carboxylic acids is 1. The van der Waals surface area contributed by atoms with Gasteiger partial charge in [-0.05, 0) is 35.4 Å². The lowest BCUT2D eigenvalue weighted by Crippen LogP contribution is -2.20. The molecule has 3 aromatic carbocycles. The van der Waals surface area contributed by atoms with Crippen molar-refractivity contribution < 1.29 is 14.7 Å². The Labute approximate surface area is 144 Å². The second-order valence-electron chi connectivity index (χ2n) is 5.37. The average molecular weight is 332 g/mol. The van der Waals surface area contributed by atoms with Gasteiger partial charge in [0.2, 0.25) is 0 Å². The molecule has 0 aromatic heterocycles. The Balaban J connectivity index is 1.69. The molecule has 3 rings (SSSR count). The van der Waals surface area contributed by atoms with E-state index in [0.29, 0.717) is 5.69 Å². The number of urea groups is 1. The van der Waals surface area contributed by atoms with Crippen LogP contribution in [-0.4, -0.2) is 17.1 Å². The van der Waals surface area contributed by atoms with Crippen molar-refractivity contribution in [3.8, 4) is 11.1 Å². The lowest BCUT2D eigenvalue weighted by molar-refractivity contribution is 0.0698. The normalized spacial score (nSPS) is 10.1. The quantitative estimate of drug-likeness (QED) is 0.648. The highest BCUT2D eigenvalue weighted by atomic mass is 16.4. The highest BCUT2D eigenvalue weighted by Crippen LogP contribution is 2.21. The average Bonchev–Trinajstić information content (AvgIpc) is 2.63. The van der Waals surface area contributed by atoms with E-state index in [4.69, 9.17) is 5.11 Å². The fourth-order valence-corrected chi connectivity index (χ4v) is 2.44. The summed E-state index contributed by atoms with van der Waals surface area (Å²) in [6, 6.07) is 23.1. The van der Waals surface area contributed by atoms with Crippen molar-refractivity contribution in [2.45, 2.75) is 0 Å². The topological polar surface area (TPSA) is 78.4 Å². The van der Waals surface area contributed by atoms with Gasteiger partial charge in [-0.1, -0.05) is 54.6 Å². The smallest absolute Gasteiger partial charge is 0.337 e. The number of carbonyl (C=O) groups excluding carboxylic acids is 1. The molecule has 0 radical (unpaired) electrons. The van der Waals surface area contributed by atoms with Crippen LogP contribution in [0.25, 0.3) is 11.1 Å². The predicted molar refractivity (Wildman–Crippen MR) is 97.9 cm³/mol. The van der Waals surface area contributed by atoms with Crippen LogP contribution in [0.2, 0.25) is 0 Å². The first-order valence-electron chi connectivity index (χ1n) is 7.69. The van der Waals surface area contributed by atoms with Crippen LogP contribution in [0.15, 0.2) is 78.9 Å². The number of carboxylic acid groups (broad SMARTS) is 1. The minimum atomic E-state index is -1.09. The standard InChI is InChI=1S/C20H16N2O3/c23-19(24)17-8-4-5-9-18(17)22-20(25)21-16-12-10-15(11-13-16)14-6-2-1-3-7-14/h1-13H,(H,23,24)(H2,21,22,25). The zero-order valence-corrected chi connectivity index (χ0v) is 13.3. The van der Waals surface area contributed by atoms with Gasteiger partial charge in [0, 0.05) is 5.69 Å². The number of rotatable bonds is 4. The van der Waals surface area contributed by atoms with Crippen molar-refractivity contribution in [2.24, 2.45) is 0 Å². The first-order valence-corrected chi connectivity index (χ1v) is 7.69. The van der Waals surface area contributed by atoms with Gasteiger partial charge in [-0.15, -0.1) is 0 Å². The van der Waals surface area contributed by atoms with Crippen LogP contribution in [0.4, 0.5) is 16.2 Å². The molecule has 0 fully saturated rings. The van der Waals surface area contributed by atoms with Gasteiger partial charge >= 0.3 is 12.0 Å². The molecule has 0 atom stereocenters. The van der Waals surface area contributed by atoms with E-state index in [1.54, 1.807) is 30.3 Å². The Morgan fingerprint density at radius 2 is 1.28 bits per heavy atom. The Morgan fingerprint density at radius 3 is 1.96 bits per heavy atom. The monoisotopic (exact) mass is 332 g/mol. The summed E-state index contributed by atoms with van der Waals surface area (Å²) in [7, 11) is 0. The Kier molecular flexibility index (Phi) is 4.76. The van der Waals surface area contributed by atoms with E-state index >= 15 is 0 Å². The fourth-order valence-electron chi connectivity index (χ4n) is 2.44. The van der Waals surface area contributed by atoms with E-state index in [9.17, 15) is 9.59 Å². The molecule has 0 saturated carbocycles. The van der Waals surface area contributed by atoms with Crippen molar-refractivity contribution >= 4 is 23.4 Å². The number of nitrogens with one attached hydrogen (secondary N) is 2. The molecule has 0 aliphatic rings. The van der Waals surface area contributed by atoms with E-state index in [0.717, 1.165) is 11.1 Å². The van der Waals surface area contributed by atoms with E-state index < -0.39 is 12.0 Å². The Bertz CT molecular complexity index is 890. The van der Waals surface area contributed by atoms with E-state index in [-0.39, 0.29) is 11.3 Å². The molecule has 5 heteroatoms. The second-order valence-corrected chi connectivity index (χ2v) is 5.37. The molecule has 3 N–H and O–H groups in total. The van der Waals surface area contributed by atoms with Crippen molar-refractivity contribution in [1.29, 1.82) is 0 Å². The zero-order chi connectivity index (χ0) is 17.6. The Hall–Kier alpha value is -3.60. The number of amides is 2. The van der Waals surface area contributed by atoms with Crippen LogP contribution in [0.1, 0.15) is 10.4 Å². The molecule has 25 heavy (non-hydrogen) atoms. The third-order valence-corrected chi connectivity index (χ3v) is 3.66. The summed E-state index contributed by atoms with van der Waals surface area (Å²) in [5.74, 6) is -1.09. The van der Waals surface area contributed by atoms with Crippen LogP contribution >= 0.6 is 0 Å².